The van der Waals surface area contributed by atoms with Crippen LogP contribution >= 0.6 is 7.82 Å². The summed E-state index contributed by atoms with van der Waals surface area (Å²) in [5, 5.41) is 0. The van der Waals surface area contributed by atoms with E-state index in [0.717, 1.165) is 96.3 Å². The van der Waals surface area contributed by atoms with Crippen molar-refractivity contribution >= 4 is 19.8 Å². The molecule has 9 nitrogen and oxygen atoms in total. The maximum absolute atomic E-state index is 12.7. The summed E-state index contributed by atoms with van der Waals surface area (Å²) in [4.78, 5) is 37.7. The number of likely N-dealkylation sites (N-methyl/N-ethyl adjacent to an activating group) is 1. The van der Waals surface area contributed by atoms with Crippen LogP contribution in [-0.4, -0.2) is 70.0 Å². The van der Waals surface area contributed by atoms with E-state index in [1.807, 2.05) is 21.1 Å². The Kier molecular flexibility index (Phi) is 42.5. The Hall–Kier alpha value is -2.75. The lowest BCUT2D eigenvalue weighted by molar-refractivity contribution is -0.870. The van der Waals surface area contributed by atoms with Gasteiger partial charge >= 0.3 is 11.9 Å². The second-order valence-electron chi connectivity index (χ2n) is 17.9. The Morgan fingerprint density at radius 2 is 0.841 bits per heavy atom. The van der Waals surface area contributed by atoms with Gasteiger partial charge < -0.3 is 27.9 Å². The van der Waals surface area contributed by atoms with Crippen molar-refractivity contribution in [3.63, 3.8) is 0 Å². The van der Waals surface area contributed by atoms with Crippen LogP contribution in [0.2, 0.25) is 0 Å². The molecule has 0 aromatic heterocycles. The Morgan fingerprint density at radius 1 is 0.492 bits per heavy atom. The zero-order chi connectivity index (χ0) is 46.4. The summed E-state index contributed by atoms with van der Waals surface area (Å²) in [6, 6.07) is 0. The predicted molar refractivity (Wildman–Crippen MR) is 258 cm³/mol. The van der Waals surface area contributed by atoms with Crippen LogP contribution in [0.1, 0.15) is 226 Å². The molecular weight excluding hydrogens is 810 g/mol. The van der Waals surface area contributed by atoms with Crippen LogP contribution in [0.4, 0.5) is 0 Å². The molecule has 63 heavy (non-hydrogen) atoms. The van der Waals surface area contributed by atoms with Crippen molar-refractivity contribution in [1.29, 1.82) is 0 Å². The maximum Gasteiger partial charge on any atom is 0.306 e. The third-order valence-electron chi connectivity index (χ3n) is 10.6. The summed E-state index contributed by atoms with van der Waals surface area (Å²) in [5.41, 5.74) is 0. The molecule has 2 atom stereocenters. The van der Waals surface area contributed by atoms with Gasteiger partial charge in [-0.05, 0) is 62.2 Å². The number of quaternary nitrogens is 1. The minimum atomic E-state index is -4.65. The van der Waals surface area contributed by atoms with Gasteiger partial charge in [-0.1, -0.05) is 172 Å². The molecule has 0 aliphatic heterocycles. The molecule has 0 rings (SSSR count). The van der Waals surface area contributed by atoms with Crippen LogP contribution < -0.4 is 4.89 Å². The molecule has 0 N–H and O–H groups in total. The van der Waals surface area contributed by atoms with E-state index in [4.69, 9.17) is 18.5 Å². The number of ether oxygens (including phenoxy) is 2. The Labute approximate surface area is 387 Å². The summed E-state index contributed by atoms with van der Waals surface area (Å²) in [5.74, 6) is 23.7. The van der Waals surface area contributed by atoms with Crippen LogP contribution in [0.3, 0.4) is 0 Å². The molecule has 10 heteroatoms. The van der Waals surface area contributed by atoms with Crippen molar-refractivity contribution in [2.75, 3.05) is 47.5 Å². The van der Waals surface area contributed by atoms with Gasteiger partial charge in [0.05, 0.1) is 27.7 Å². The number of hydrogen-bond donors (Lipinski definition) is 0. The number of rotatable bonds is 41. The number of phosphoric ester groups is 1. The number of carbonyl (C=O) groups is 2. The average Bonchev–Trinajstić information content (AvgIpc) is 3.24. The van der Waals surface area contributed by atoms with Gasteiger partial charge in [0.25, 0.3) is 7.82 Å². The summed E-state index contributed by atoms with van der Waals surface area (Å²) < 4.78 is 33.9. The summed E-state index contributed by atoms with van der Waals surface area (Å²) in [6.45, 7) is 4.12. The minimum absolute atomic E-state index is 0.0488. The Balaban J connectivity index is 4.37. The fourth-order valence-corrected chi connectivity index (χ4v) is 7.31. The van der Waals surface area contributed by atoms with Crippen LogP contribution in [0, 0.1) is 47.4 Å². The van der Waals surface area contributed by atoms with Gasteiger partial charge in [0.1, 0.15) is 19.8 Å². The molecule has 0 aliphatic rings. The molecule has 0 fully saturated rings. The van der Waals surface area contributed by atoms with Crippen LogP contribution in [0.25, 0.3) is 0 Å². The second kappa shape index (κ2) is 44.5. The SMILES string of the molecule is CCCCCCCCCCC#CC#CCCCCCCCCC(=O)O[C@H](COC(=O)CCCCCCCC#CC#CCCCCCCCCCC)COP(=O)([O-])OCC[N+](C)(C)C. The fourth-order valence-electron chi connectivity index (χ4n) is 6.58. The standard InChI is InChI=1S/C53H90NO8P/c1-6-8-10-12-14-16-18-20-22-24-26-28-30-32-34-36-38-40-42-44-46-53(56)62-51(50-61-63(57,58)60-48-47-54(3,4)5)49-59-52(55)45-43-41-39-37-35-33-31-29-27-25-23-21-19-17-15-13-11-9-7-2/h51H,6-23,32-50H2,1-5H3/t51-/m1/s1. The highest BCUT2D eigenvalue weighted by molar-refractivity contribution is 7.45. The van der Waals surface area contributed by atoms with Crippen molar-refractivity contribution in [2.24, 2.45) is 0 Å². The number of phosphoric acid groups is 1. The Morgan fingerprint density at radius 3 is 1.22 bits per heavy atom. The molecular formula is C53H90NO8P. The van der Waals surface area contributed by atoms with Crippen LogP contribution in [0.5, 0.6) is 0 Å². The molecule has 360 valence electrons. The van der Waals surface area contributed by atoms with E-state index < -0.39 is 32.5 Å². The molecule has 0 aliphatic carbocycles. The topological polar surface area (TPSA) is 111 Å². The van der Waals surface area contributed by atoms with Crippen molar-refractivity contribution in [3.05, 3.63) is 0 Å². The maximum atomic E-state index is 12.7. The van der Waals surface area contributed by atoms with E-state index in [-0.39, 0.29) is 26.1 Å². The number of nitrogens with zero attached hydrogens (tertiary/aromatic N) is 1. The van der Waals surface area contributed by atoms with E-state index in [0.29, 0.717) is 23.9 Å². The van der Waals surface area contributed by atoms with Crippen molar-refractivity contribution in [3.8, 4) is 47.4 Å². The minimum Gasteiger partial charge on any atom is -0.756 e. The van der Waals surface area contributed by atoms with E-state index in [1.165, 1.54) is 89.9 Å². The molecule has 0 aromatic rings. The van der Waals surface area contributed by atoms with Crippen molar-refractivity contribution in [1.82, 2.24) is 0 Å². The molecule has 0 heterocycles. The first-order valence-corrected chi connectivity index (χ1v) is 26.6. The summed E-state index contributed by atoms with van der Waals surface area (Å²) >= 11 is 0. The van der Waals surface area contributed by atoms with Crippen LogP contribution in [-0.2, 0) is 32.7 Å². The fraction of sp³-hybridized carbons (Fsp3) is 0.811. The van der Waals surface area contributed by atoms with Gasteiger partial charge in [-0.2, -0.15) is 0 Å². The first-order valence-electron chi connectivity index (χ1n) is 25.2. The van der Waals surface area contributed by atoms with Gasteiger partial charge in [-0.25, -0.2) is 0 Å². The first kappa shape index (κ1) is 60.2. The number of carbonyl (C=O) groups excluding carboxylic acids is 2. The van der Waals surface area contributed by atoms with E-state index in [2.05, 4.69) is 61.2 Å². The summed E-state index contributed by atoms with van der Waals surface area (Å²) in [7, 11) is 1.11. The molecule has 0 saturated heterocycles. The van der Waals surface area contributed by atoms with Crippen molar-refractivity contribution in [2.45, 2.75) is 232 Å². The first-order chi connectivity index (χ1) is 30.5. The highest BCUT2D eigenvalue weighted by atomic mass is 31.2. The molecule has 1 unspecified atom stereocenters. The van der Waals surface area contributed by atoms with E-state index >= 15 is 0 Å². The van der Waals surface area contributed by atoms with Gasteiger partial charge in [-0.15, -0.1) is 0 Å². The molecule has 0 bridgehead atoms. The largest absolute Gasteiger partial charge is 0.756 e. The third-order valence-corrected chi connectivity index (χ3v) is 11.5. The van der Waals surface area contributed by atoms with Crippen LogP contribution in [0.15, 0.2) is 0 Å². The van der Waals surface area contributed by atoms with Gasteiger partial charge in [-0.3, -0.25) is 14.2 Å². The lowest BCUT2D eigenvalue weighted by atomic mass is 10.1. The zero-order valence-corrected chi connectivity index (χ0v) is 41.8. The second-order valence-corrected chi connectivity index (χ2v) is 19.3. The lowest BCUT2D eigenvalue weighted by Gasteiger charge is -2.28. The average molecular weight is 900 g/mol. The van der Waals surface area contributed by atoms with Gasteiger partial charge in [0, 0.05) is 38.5 Å². The number of esters is 2. The molecule has 0 spiro atoms. The molecule has 0 aromatic carbocycles. The Bertz CT molecular complexity index is 1430. The zero-order valence-electron chi connectivity index (χ0n) is 40.9. The van der Waals surface area contributed by atoms with E-state index in [9.17, 15) is 19.0 Å². The monoisotopic (exact) mass is 900 g/mol. The highest BCUT2D eigenvalue weighted by Crippen LogP contribution is 2.38. The molecule has 0 radical (unpaired) electrons. The van der Waals surface area contributed by atoms with Gasteiger partial charge in [0.2, 0.25) is 0 Å². The number of hydrogen-bond acceptors (Lipinski definition) is 8. The summed E-state index contributed by atoms with van der Waals surface area (Å²) in [6.07, 6.45) is 34.0. The quantitative estimate of drug-likeness (QED) is 0.0196. The predicted octanol–water partition coefficient (Wildman–Crippen LogP) is 12.6. The molecule has 0 saturated carbocycles. The molecule has 0 amide bonds. The number of unbranched alkanes of at least 4 members (excludes halogenated alkanes) is 27. The van der Waals surface area contributed by atoms with Crippen molar-refractivity contribution < 1.29 is 42.1 Å². The lowest BCUT2D eigenvalue weighted by Crippen LogP contribution is -2.37. The third kappa shape index (κ3) is 48.5. The van der Waals surface area contributed by atoms with Gasteiger partial charge in [0.15, 0.2) is 6.10 Å². The highest BCUT2D eigenvalue weighted by Gasteiger charge is 2.21. The van der Waals surface area contributed by atoms with E-state index in [1.54, 1.807) is 0 Å². The smallest absolute Gasteiger partial charge is 0.306 e. The normalized spacial score (nSPS) is 12.3.